The predicted molar refractivity (Wildman–Crippen MR) is 111 cm³/mol. The molecule has 162 valence electrons. The first-order chi connectivity index (χ1) is 14.6. The van der Waals surface area contributed by atoms with E-state index in [0.717, 1.165) is 44.2 Å². The summed E-state index contributed by atoms with van der Waals surface area (Å²) >= 11 is 1.12. The first-order valence-corrected chi connectivity index (χ1v) is 10.4. The lowest BCUT2D eigenvalue weighted by atomic mass is 10.3. The summed E-state index contributed by atoms with van der Waals surface area (Å²) < 4.78 is 15.7. The molecule has 2 N–H and O–H groups in total. The lowest BCUT2D eigenvalue weighted by molar-refractivity contribution is -0.126. The number of morpholine rings is 1. The van der Waals surface area contributed by atoms with E-state index in [-0.39, 0.29) is 30.0 Å². The molecule has 3 rings (SSSR count). The number of nitrogens with one attached hydrogen (secondary N) is 2. The Kier molecular flexibility index (Phi) is 8.51. The molecule has 11 heteroatoms. The Morgan fingerprint density at radius 2 is 1.97 bits per heavy atom. The van der Waals surface area contributed by atoms with Crippen LogP contribution in [0.3, 0.4) is 0 Å². The molecule has 2 heterocycles. The number of ether oxygens (including phenoxy) is 3. The highest BCUT2D eigenvalue weighted by Gasteiger charge is 2.14. The Morgan fingerprint density at radius 1 is 1.20 bits per heavy atom. The number of rotatable bonds is 10. The van der Waals surface area contributed by atoms with Gasteiger partial charge >= 0.3 is 0 Å². The van der Waals surface area contributed by atoms with E-state index in [1.54, 1.807) is 31.4 Å². The Bertz CT molecular complexity index is 823. The number of carbonyl (C=O) groups is 2. The van der Waals surface area contributed by atoms with E-state index in [1.165, 1.54) is 0 Å². The number of carbonyl (C=O) groups excluding carboxylic acids is 2. The van der Waals surface area contributed by atoms with Crippen molar-refractivity contribution in [2.75, 3.05) is 58.4 Å². The van der Waals surface area contributed by atoms with Crippen LogP contribution in [-0.2, 0) is 20.9 Å². The lowest BCUT2D eigenvalue weighted by Gasteiger charge is -2.26. The number of nitrogens with zero attached hydrogens (tertiary/aromatic N) is 3. The maximum absolute atomic E-state index is 12.3. The number of amides is 2. The number of benzene rings is 1. The zero-order chi connectivity index (χ0) is 21.2. The molecule has 1 aliphatic heterocycles. The number of hydrogen-bond donors (Lipinski definition) is 2. The molecule has 0 saturated carbocycles. The molecule has 2 aromatic rings. The summed E-state index contributed by atoms with van der Waals surface area (Å²) in [5.41, 5.74) is 0.627. The van der Waals surface area contributed by atoms with Crippen molar-refractivity contribution >= 4 is 28.8 Å². The molecule has 0 spiro atoms. The molecule has 10 nitrogen and oxygen atoms in total. The standard InChI is InChI=1S/C19H25N5O5S/c1-27-15-4-2-14(3-5-15)21-18(26)19-23-22-17(30-19)13-29-12-16(25)20-6-7-24-8-10-28-11-9-24/h2-5H,6-13H2,1H3,(H,20,25)(H,21,26). The first-order valence-electron chi connectivity index (χ1n) is 9.56. The minimum absolute atomic E-state index is 0.0733. The predicted octanol–water partition coefficient (Wildman–Crippen LogP) is 0.764. The van der Waals surface area contributed by atoms with Gasteiger partial charge < -0.3 is 24.8 Å². The van der Waals surface area contributed by atoms with Crippen molar-refractivity contribution < 1.29 is 23.8 Å². The molecule has 0 atom stereocenters. The van der Waals surface area contributed by atoms with Gasteiger partial charge in [0.2, 0.25) is 10.9 Å². The van der Waals surface area contributed by atoms with Gasteiger partial charge in [0.25, 0.3) is 5.91 Å². The maximum Gasteiger partial charge on any atom is 0.286 e. The van der Waals surface area contributed by atoms with Crippen molar-refractivity contribution in [3.8, 4) is 5.75 Å². The van der Waals surface area contributed by atoms with Crippen LogP contribution in [0.2, 0.25) is 0 Å². The van der Waals surface area contributed by atoms with Crippen LogP contribution in [-0.4, -0.2) is 80.0 Å². The van der Waals surface area contributed by atoms with Crippen LogP contribution in [0.1, 0.15) is 14.8 Å². The van der Waals surface area contributed by atoms with Gasteiger partial charge in [-0.1, -0.05) is 11.3 Å². The van der Waals surface area contributed by atoms with E-state index in [2.05, 4.69) is 25.7 Å². The molecule has 2 amide bonds. The maximum atomic E-state index is 12.3. The van der Waals surface area contributed by atoms with Crippen molar-refractivity contribution in [3.63, 3.8) is 0 Å². The SMILES string of the molecule is COc1ccc(NC(=O)c2nnc(COCC(=O)NCCN3CCOCC3)s2)cc1. The largest absolute Gasteiger partial charge is 0.497 e. The molecule has 1 saturated heterocycles. The summed E-state index contributed by atoms with van der Waals surface area (Å²) in [6, 6.07) is 6.97. The van der Waals surface area contributed by atoms with Crippen molar-refractivity contribution in [1.82, 2.24) is 20.4 Å². The molecule has 1 fully saturated rings. The van der Waals surface area contributed by atoms with Gasteiger partial charge in [0.1, 0.15) is 24.0 Å². The second kappa shape index (κ2) is 11.6. The molecule has 1 aromatic heterocycles. The van der Waals surface area contributed by atoms with Crippen molar-refractivity contribution in [2.45, 2.75) is 6.61 Å². The lowest BCUT2D eigenvalue weighted by Crippen LogP contribution is -2.41. The van der Waals surface area contributed by atoms with E-state index in [0.29, 0.717) is 23.0 Å². The number of hydrogen-bond acceptors (Lipinski definition) is 9. The Hall–Kier alpha value is -2.60. The molecular weight excluding hydrogens is 410 g/mol. The smallest absolute Gasteiger partial charge is 0.286 e. The molecule has 0 unspecified atom stereocenters. The van der Waals surface area contributed by atoms with Gasteiger partial charge in [-0.05, 0) is 24.3 Å². The van der Waals surface area contributed by atoms with Crippen molar-refractivity contribution in [1.29, 1.82) is 0 Å². The molecule has 1 aliphatic rings. The number of aromatic nitrogens is 2. The van der Waals surface area contributed by atoms with Gasteiger partial charge in [0.05, 0.1) is 20.3 Å². The average molecular weight is 436 g/mol. The third-order valence-electron chi connectivity index (χ3n) is 4.32. The van der Waals surface area contributed by atoms with Gasteiger partial charge in [-0.2, -0.15) is 0 Å². The van der Waals surface area contributed by atoms with E-state index >= 15 is 0 Å². The highest BCUT2D eigenvalue weighted by atomic mass is 32.1. The molecule has 0 bridgehead atoms. The number of methoxy groups -OCH3 is 1. The topological polar surface area (TPSA) is 115 Å². The minimum atomic E-state index is -0.357. The van der Waals surface area contributed by atoms with Crippen molar-refractivity contribution in [3.05, 3.63) is 34.3 Å². The van der Waals surface area contributed by atoms with E-state index in [4.69, 9.17) is 14.2 Å². The summed E-state index contributed by atoms with van der Waals surface area (Å²) in [5, 5.41) is 14.1. The van der Waals surface area contributed by atoms with Gasteiger partial charge in [-0.3, -0.25) is 14.5 Å². The molecule has 0 aliphatic carbocycles. The van der Waals surface area contributed by atoms with Gasteiger partial charge in [-0.25, -0.2) is 0 Å². The van der Waals surface area contributed by atoms with Crippen LogP contribution >= 0.6 is 11.3 Å². The van der Waals surface area contributed by atoms with Crippen LogP contribution in [0.25, 0.3) is 0 Å². The summed E-state index contributed by atoms with van der Waals surface area (Å²) in [7, 11) is 1.58. The van der Waals surface area contributed by atoms with Crippen LogP contribution < -0.4 is 15.4 Å². The quantitative estimate of drug-likeness (QED) is 0.562. The summed E-state index contributed by atoms with van der Waals surface area (Å²) in [6.07, 6.45) is 0. The minimum Gasteiger partial charge on any atom is -0.497 e. The molecule has 0 radical (unpaired) electrons. The van der Waals surface area contributed by atoms with Crippen LogP contribution in [0.5, 0.6) is 5.75 Å². The Labute approximate surface area is 178 Å². The van der Waals surface area contributed by atoms with E-state index in [9.17, 15) is 9.59 Å². The molecule has 1 aromatic carbocycles. The average Bonchev–Trinajstić information content (AvgIpc) is 3.24. The third kappa shape index (κ3) is 7.02. The van der Waals surface area contributed by atoms with Gasteiger partial charge in [-0.15, -0.1) is 10.2 Å². The van der Waals surface area contributed by atoms with Crippen LogP contribution in [0, 0.1) is 0 Å². The van der Waals surface area contributed by atoms with Gasteiger partial charge in [0, 0.05) is 31.9 Å². The third-order valence-corrected chi connectivity index (χ3v) is 5.22. The van der Waals surface area contributed by atoms with Crippen molar-refractivity contribution in [2.24, 2.45) is 0 Å². The second-order valence-electron chi connectivity index (χ2n) is 6.48. The van der Waals surface area contributed by atoms with E-state index < -0.39 is 0 Å². The fraction of sp³-hybridized carbons (Fsp3) is 0.474. The fourth-order valence-electron chi connectivity index (χ4n) is 2.72. The first kappa shape index (κ1) is 22.1. The Balaban J connectivity index is 1.34. The molecular formula is C19H25N5O5S. The molecule has 30 heavy (non-hydrogen) atoms. The highest BCUT2D eigenvalue weighted by molar-refractivity contribution is 7.13. The van der Waals surface area contributed by atoms with Crippen LogP contribution in [0.15, 0.2) is 24.3 Å². The summed E-state index contributed by atoms with van der Waals surface area (Å²) in [6.45, 7) is 4.64. The zero-order valence-electron chi connectivity index (χ0n) is 16.8. The zero-order valence-corrected chi connectivity index (χ0v) is 17.6. The fourth-order valence-corrected chi connectivity index (χ4v) is 3.40. The van der Waals surface area contributed by atoms with E-state index in [1.807, 2.05) is 0 Å². The number of anilines is 1. The monoisotopic (exact) mass is 435 g/mol. The normalized spacial score (nSPS) is 14.3. The van der Waals surface area contributed by atoms with Crippen LogP contribution in [0.4, 0.5) is 5.69 Å². The van der Waals surface area contributed by atoms with Gasteiger partial charge in [0.15, 0.2) is 0 Å². The Morgan fingerprint density at radius 3 is 2.70 bits per heavy atom. The summed E-state index contributed by atoms with van der Waals surface area (Å²) in [4.78, 5) is 26.4. The highest BCUT2D eigenvalue weighted by Crippen LogP contribution is 2.17. The summed E-state index contributed by atoms with van der Waals surface area (Å²) in [5.74, 6) is 0.156. The second-order valence-corrected chi connectivity index (χ2v) is 7.54.